The molecule has 1 aromatic rings. The van der Waals surface area contributed by atoms with Crippen molar-refractivity contribution in [3.63, 3.8) is 0 Å². The lowest BCUT2D eigenvalue weighted by Crippen LogP contribution is -2.45. The number of aliphatic hydroxyl groups excluding tert-OH is 1. The number of benzene rings is 1. The molecule has 2 atom stereocenters. The van der Waals surface area contributed by atoms with E-state index < -0.39 is 16.1 Å². The molecule has 0 amide bonds. The number of aryl methyl sites for hydroxylation is 1. The molecule has 0 saturated carbocycles. The van der Waals surface area contributed by atoms with Gasteiger partial charge in [-0.1, -0.05) is 19.1 Å². The van der Waals surface area contributed by atoms with Gasteiger partial charge < -0.3 is 5.11 Å². The van der Waals surface area contributed by atoms with Gasteiger partial charge in [-0.15, -0.1) is 0 Å². The molecular formula is C13H18BrNO3S. The average Bonchev–Trinajstić information content (AvgIpc) is 2.35. The Morgan fingerprint density at radius 2 is 2.11 bits per heavy atom. The number of β-amino-alcohol motifs (C(OH)–C–C–N with tert-alkyl or cyclic N) is 1. The van der Waals surface area contributed by atoms with Crippen molar-refractivity contribution in [3.8, 4) is 0 Å². The maximum atomic E-state index is 12.6. The van der Waals surface area contributed by atoms with Gasteiger partial charge in [0.2, 0.25) is 10.0 Å². The average molecular weight is 348 g/mol. The van der Waals surface area contributed by atoms with Crippen molar-refractivity contribution in [1.82, 2.24) is 4.31 Å². The fraction of sp³-hybridized carbons (Fsp3) is 0.538. The Bertz CT molecular complexity index is 573. The minimum absolute atomic E-state index is 0.146. The minimum atomic E-state index is -3.55. The molecule has 2 unspecified atom stereocenters. The van der Waals surface area contributed by atoms with Crippen LogP contribution >= 0.6 is 15.9 Å². The van der Waals surface area contributed by atoms with Crippen LogP contribution in [-0.4, -0.2) is 37.0 Å². The topological polar surface area (TPSA) is 57.6 Å². The van der Waals surface area contributed by atoms with E-state index >= 15 is 0 Å². The summed E-state index contributed by atoms with van der Waals surface area (Å²) < 4.78 is 27.2. The first kappa shape index (κ1) is 15.0. The standard InChI is InChI=1S/C13H18BrNO3S/c1-9-6-7-15(8-11(9)16)19(17,18)12-5-3-4-10(2)13(12)14/h3-5,9,11,16H,6-8H2,1-2H3. The van der Waals surface area contributed by atoms with Crippen molar-refractivity contribution >= 4 is 26.0 Å². The predicted molar refractivity (Wildman–Crippen MR) is 77.4 cm³/mol. The van der Waals surface area contributed by atoms with Crippen molar-refractivity contribution < 1.29 is 13.5 Å². The smallest absolute Gasteiger partial charge is 0.244 e. The Morgan fingerprint density at radius 3 is 2.74 bits per heavy atom. The maximum Gasteiger partial charge on any atom is 0.244 e. The number of aliphatic hydroxyl groups is 1. The van der Waals surface area contributed by atoms with E-state index in [0.29, 0.717) is 17.4 Å². The monoisotopic (exact) mass is 347 g/mol. The molecular weight excluding hydrogens is 330 g/mol. The largest absolute Gasteiger partial charge is 0.391 e. The van der Waals surface area contributed by atoms with Crippen LogP contribution in [0.1, 0.15) is 18.9 Å². The Labute approximate surface area is 122 Å². The predicted octanol–water partition coefficient (Wildman–Crippen LogP) is 2.15. The number of sulfonamides is 1. The van der Waals surface area contributed by atoms with E-state index in [1.165, 1.54) is 4.31 Å². The van der Waals surface area contributed by atoms with Gasteiger partial charge in [-0.05, 0) is 46.8 Å². The third kappa shape index (κ3) is 2.86. The molecule has 1 aliphatic rings. The maximum absolute atomic E-state index is 12.6. The van der Waals surface area contributed by atoms with E-state index in [0.717, 1.165) is 5.56 Å². The fourth-order valence-electron chi connectivity index (χ4n) is 2.20. The zero-order valence-electron chi connectivity index (χ0n) is 11.0. The Morgan fingerprint density at radius 1 is 1.42 bits per heavy atom. The van der Waals surface area contributed by atoms with Crippen LogP contribution in [0.4, 0.5) is 0 Å². The van der Waals surface area contributed by atoms with Gasteiger partial charge in [0.25, 0.3) is 0 Å². The third-order valence-corrected chi connectivity index (χ3v) is 6.88. The van der Waals surface area contributed by atoms with Crippen molar-refractivity contribution in [1.29, 1.82) is 0 Å². The zero-order chi connectivity index (χ0) is 14.2. The summed E-state index contributed by atoms with van der Waals surface area (Å²) >= 11 is 3.34. The quantitative estimate of drug-likeness (QED) is 0.891. The molecule has 0 spiro atoms. The Balaban J connectivity index is 2.35. The summed E-state index contributed by atoms with van der Waals surface area (Å²) in [6.07, 6.45) is 0.0937. The van der Waals surface area contributed by atoms with E-state index in [1.54, 1.807) is 12.1 Å². The van der Waals surface area contributed by atoms with Gasteiger partial charge in [0, 0.05) is 17.6 Å². The lowest BCUT2D eigenvalue weighted by atomic mass is 9.98. The Kier molecular flexibility index (Phi) is 4.35. The second-order valence-corrected chi connectivity index (χ2v) is 7.78. The number of hydrogen-bond donors (Lipinski definition) is 1. The second-order valence-electron chi connectivity index (χ2n) is 5.08. The Hall–Kier alpha value is -0.430. The SMILES string of the molecule is Cc1cccc(S(=O)(=O)N2CCC(C)C(O)C2)c1Br. The van der Waals surface area contributed by atoms with Gasteiger partial charge in [0.15, 0.2) is 0 Å². The third-order valence-electron chi connectivity index (χ3n) is 3.66. The van der Waals surface area contributed by atoms with Crippen molar-refractivity contribution in [2.45, 2.75) is 31.3 Å². The first-order chi connectivity index (χ1) is 8.84. The second kappa shape index (κ2) is 5.52. The number of halogens is 1. The molecule has 0 aliphatic carbocycles. The van der Waals surface area contributed by atoms with E-state index in [-0.39, 0.29) is 17.4 Å². The molecule has 1 fully saturated rings. The fourth-order valence-corrected chi connectivity index (χ4v) is 4.69. The lowest BCUT2D eigenvalue weighted by molar-refractivity contribution is 0.0605. The van der Waals surface area contributed by atoms with E-state index in [4.69, 9.17) is 0 Å². The highest BCUT2D eigenvalue weighted by Gasteiger charge is 2.33. The van der Waals surface area contributed by atoms with Crippen LogP contribution in [0, 0.1) is 12.8 Å². The minimum Gasteiger partial charge on any atom is -0.391 e. The molecule has 106 valence electrons. The highest BCUT2D eigenvalue weighted by Crippen LogP contribution is 2.30. The zero-order valence-corrected chi connectivity index (χ0v) is 13.4. The summed E-state index contributed by atoms with van der Waals surface area (Å²) in [4.78, 5) is 0.272. The van der Waals surface area contributed by atoms with Gasteiger partial charge in [0.1, 0.15) is 0 Å². The summed E-state index contributed by atoms with van der Waals surface area (Å²) in [7, 11) is -3.55. The number of rotatable bonds is 2. The molecule has 1 N–H and O–H groups in total. The van der Waals surface area contributed by atoms with E-state index in [9.17, 15) is 13.5 Å². The summed E-state index contributed by atoms with van der Waals surface area (Å²) in [5.41, 5.74) is 0.881. The summed E-state index contributed by atoms with van der Waals surface area (Å²) in [5.74, 6) is 0.146. The summed E-state index contributed by atoms with van der Waals surface area (Å²) in [6.45, 7) is 4.43. The van der Waals surface area contributed by atoms with Gasteiger partial charge in [-0.3, -0.25) is 0 Å². The molecule has 0 radical (unpaired) electrons. The van der Waals surface area contributed by atoms with E-state index in [2.05, 4.69) is 15.9 Å². The summed E-state index contributed by atoms with van der Waals surface area (Å²) in [5, 5.41) is 9.86. The van der Waals surface area contributed by atoms with Gasteiger partial charge in [-0.25, -0.2) is 8.42 Å². The molecule has 4 nitrogen and oxygen atoms in total. The van der Waals surface area contributed by atoms with Crippen molar-refractivity contribution in [3.05, 3.63) is 28.2 Å². The molecule has 19 heavy (non-hydrogen) atoms. The first-order valence-corrected chi connectivity index (χ1v) is 8.50. The molecule has 1 aromatic carbocycles. The molecule has 0 bridgehead atoms. The van der Waals surface area contributed by atoms with Crippen LogP contribution in [0.3, 0.4) is 0 Å². The van der Waals surface area contributed by atoms with Gasteiger partial charge in [-0.2, -0.15) is 4.31 Å². The van der Waals surface area contributed by atoms with Crippen LogP contribution < -0.4 is 0 Å². The number of hydrogen-bond acceptors (Lipinski definition) is 3. The van der Waals surface area contributed by atoms with Gasteiger partial charge >= 0.3 is 0 Å². The highest BCUT2D eigenvalue weighted by molar-refractivity contribution is 9.10. The van der Waals surface area contributed by atoms with Crippen LogP contribution in [0.25, 0.3) is 0 Å². The van der Waals surface area contributed by atoms with Crippen molar-refractivity contribution in [2.24, 2.45) is 5.92 Å². The van der Waals surface area contributed by atoms with Crippen molar-refractivity contribution in [2.75, 3.05) is 13.1 Å². The van der Waals surface area contributed by atoms with Gasteiger partial charge in [0.05, 0.1) is 11.0 Å². The highest BCUT2D eigenvalue weighted by atomic mass is 79.9. The molecule has 1 aliphatic heterocycles. The lowest BCUT2D eigenvalue weighted by Gasteiger charge is -2.33. The summed E-state index contributed by atoms with van der Waals surface area (Å²) in [6, 6.07) is 5.18. The first-order valence-electron chi connectivity index (χ1n) is 6.27. The molecule has 0 aromatic heterocycles. The molecule has 1 saturated heterocycles. The van der Waals surface area contributed by atoms with Crippen LogP contribution in [-0.2, 0) is 10.0 Å². The normalized spacial score (nSPS) is 25.5. The molecule has 2 rings (SSSR count). The van der Waals surface area contributed by atoms with E-state index in [1.807, 2.05) is 19.9 Å². The number of piperidine rings is 1. The molecule has 6 heteroatoms. The van der Waals surface area contributed by atoms with Crippen LogP contribution in [0.2, 0.25) is 0 Å². The van der Waals surface area contributed by atoms with Crippen LogP contribution in [0.5, 0.6) is 0 Å². The van der Waals surface area contributed by atoms with Crippen LogP contribution in [0.15, 0.2) is 27.6 Å². The molecule has 1 heterocycles. The number of nitrogens with zero attached hydrogens (tertiary/aromatic N) is 1.